The molecule has 1 N–H and O–H groups in total. The van der Waals surface area contributed by atoms with Gasteiger partial charge >= 0.3 is 0 Å². The van der Waals surface area contributed by atoms with Crippen LogP contribution in [-0.4, -0.2) is 51.1 Å². The van der Waals surface area contributed by atoms with Gasteiger partial charge in [-0.3, -0.25) is 5.43 Å². The number of nitrogens with one attached hydrogen (secondary N) is 1. The lowest BCUT2D eigenvalue weighted by molar-refractivity contribution is 0.00594. The molecule has 4 nitrogen and oxygen atoms in total. The van der Waals surface area contributed by atoms with Gasteiger partial charge in [-0.2, -0.15) is 0 Å². The highest BCUT2D eigenvalue weighted by atomic mass is 16.5. The average molecular weight is 188 g/mol. The number of hydrogen-bond acceptors (Lipinski definition) is 4. The van der Waals surface area contributed by atoms with E-state index in [1.807, 2.05) is 0 Å². The van der Waals surface area contributed by atoms with Gasteiger partial charge < -0.3 is 9.47 Å². The van der Waals surface area contributed by atoms with Gasteiger partial charge in [-0.15, -0.1) is 0 Å². The molecule has 0 bridgehead atoms. The molecule has 0 atom stereocenters. The van der Waals surface area contributed by atoms with Crippen LogP contribution in [0.15, 0.2) is 0 Å². The minimum Gasteiger partial charge on any atom is -0.380 e. The highest BCUT2D eigenvalue weighted by Gasteiger charge is 2.08. The fraction of sp³-hybridized carbons (Fsp3) is 1.00. The van der Waals surface area contributed by atoms with Crippen molar-refractivity contribution in [3.8, 4) is 0 Å². The molecule has 1 rings (SSSR count). The highest BCUT2D eigenvalue weighted by Crippen LogP contribution is 1.91. The molecule has 1 heterocycles. The van der Waals surface area contributed by atoms with Gasteiger partial charge in [-0.05, 0) is 6.42 Å². The predicted octanol–water partition coefficient (Wildman–Crippen LogP) is 0.250. The number of nitrogens with zero attached hydrogens (tertiary/aromatic N) is 1. The summed E-state index contributed by atoms with van der Waals surface area (Å²) in [6.45, 7) is 8.32. The molecule has 4 heteroatoms. The van der Waals surface area contributed by atoms with E-state index in [1.54, 1.807) is 0 Å². The van der Waals surface area contributed by atoms with Crippen molar-refractivity contribution in [2.45, 2.75) is 13.3 Å². The third-order valence-electron chi connectivity index (χ3n) is 1.94. The number of hydrazine groups is 1. The van der Waals surface area contributed by atoms with E-state index < -0.39 is 0 Å². The molecule has 0 aliphatic carbocycles. The van der Waals surface area contributed by atoms with E-state index >= 15 is 0 Å². The SMILES string of the molecule is CCCOCCNN1CCOCC1. The zero-order valence-electron chi connectivity index (χ0n) is 8.42. The molecule has 0 aromatic heterocycles. The first kappa shape index (κ1) is 10.9. The molecule has 78 valence electrons. The normalized spacial score (nSPS) is 19.2. The summed E-state index contributed by atoms with van der Waals surface area (Å²) >= 11 is 0. The lowest BCUT2D eigenvalue weighted by Crippen LogP contribution is -2.46. The summed E-state index contributed by atoms with van der Waals surface area (Å²) in [4.78, 5) is 0. The van der Waals surface area contributed by atoms with Gasteiger partial charge in [0.25, 0.3) is 0 Å². The fourth-order valence-corrected chi connectivity index (χ4v) is 1.24. The van der Waals surface area contributed by atoms with Crippen molar-refractivity contribution >= 4 is 0 Å². The molecule has 0 aromatic carbocycles. The monoisotopic (exact) mass is 188 g/mol. The van der Waals surface area contributed by atoms with Crippen molar-refractivity contribution in [3.63, 3.8) is 0 Å². The van der Waals surface area contributed by atoms with Crippen molar-refractivity contribution in [2.24, 2.45) is 0 Å². The van der Waals surface area contributed by atoms with Crippen molar-refractivity contribution in [1.82, 2.24) is 10.4 Å². The van der Waals surface area contributed by atoms with E-state index in [9.17, 15) is 0 Å². The second kappa shape index (κ2) is 7.26. The summed E-state index contributed by atoms with van der Waals surface area (Å²) in [5.41, 5.74) is 3.31. The minimum atomic E-state index is 0.797. The Kier molecular flexibility index (Phi) is 6.10. The van der Waals surface area contributed by atoms with Gasteiger partial charge in [0.05, 0.1) is 19.8 Å². The number of ether oxygens (including phenoxy) is 2. The Morgan fingerprint density at radius 2 is 2.08 bits per heavy atom. The average Bonchev–Trinajstić information content (AvgIpc) is 2.19. The zero-order valence-corrected chi connectivity index (χ0v) is 8.42. The van der Waals surface area contributed by atoms with E-state index in [4.69, 9.17) is 9.47 Å². The van der Waals surface area contributed by atoms with Crippen LogP contribution < -0.4 is 5.43 Å². The highest BCUT2D eigenvalue weighted by molar-refractivity contribution is 4.56. The lowest BCUT2D eigenvalue weighted by atomic mass is 10.5. The summed E-state index contributed by atoms with van der Waals surface area (Å²) in [5.74, 6) is 0. The van der Waals surface area contributed by atoms with Gasteiger partial charge in [-0.1, -0.05) is 6.92 Å². The Morgan fingerprint density at radius 1 is 1.31 bits per heavy atom. The Labute approximate surface area is 80.2 Å². The molecule has 1 saturated heterocycles. The van der Waals surface area contributed by atoms with Crippen molar-refractivity contribution < 1.29 is 9.47 Å². The first-order valence-electron chi connectivity index (χ1n) is 5.07. The maximum Gasteiger partial charge on any atom is 0.0608 e. The van der Waals surface area contributed by atoms with Crippen LogP contribution in [0.25, 0.3) is 0 Å². The van der Waals surface area contributed by atoms with Crippen LogP contribution in [0.2, 0.25) is 0 Å². The van der Waals surface area contributed by atoms with Crippen LogP contribution in [0.4, 0.5) is 0 Å². The smallest absolute Gasteiger partial charge is 0.0608 e. The summed E-state index contributed by atoms with van der Waals surface area (Å²) in [7, 11) is 0. The first-order valence-corrected chi connectivity index (χ1v) is 5.07. The van der Waals surface area contributed by atoms with E-state index in [-0.39, 0.29) is 0 Å². The van der Waals surface area contributed by atoms with Gasteiger partial charge in [0.15, 0.2) is 0 Å². The standard InChI is InChI=1S/C9H20N2O2/c1-2-6-12-7-3-10-11-4-8-13-9-5-11/h10H,2-9H2,1H3. The van der Waals surface area contributed by atoms with Gasteiger partial charge in [0, 0.05) is 26.2 Å². The van der Waals surface area contributed by atoms with Crippen molar-refractivity contribution in [3.05, 3.63) is 0 Å². The Balaban J connectivity index is 1.86. The van der Waals surface area contributed by atoms with E-state index in [0.717, 1.165) is 52.5 Å². The molecule has 0 aromatic rings. The fourth-order valence-electron chi connectivity index (χ4n) is 1.24. The number of hydrogen-bond donors (Lipinski definition) is 1. The molecular formula is C9H20N2O2. The Hall–Kier alpha value is -0.160. The zero-order chi connectivity index (χ0) is 9.36. The second-order valence-electron chi connectivity index (χ2n) is 3.12. The molecule has 1 aliphatic heterocycles. The molecule has 1 aliphatic rings. The van der Waals surface area contributed by atoms with Crippen LogP contribution >= 0.6 is 0 Å². The number of morpholine rings is 1. The molecule has 0 radical (unpaired) electrons. The van der Waals surface area contributed by atoms with Crippen LogP contribution in [0.1, 0.15) is 13.3 Å². The topological polar surface area (TPSA) is 33.7 Å². The van der Waals surface area contributed by atoms with Crippen molar-refractivity contribution in [2.75, 3.05) is 46.1 Å². The summed E-state index contributed by atoms with van der Waals surface area (Å²) in [6.07, 6.45) is 1.09. The van der Waals surface area contributed by atoms with Gasteiger partial charge in [0.2, 0.25) is 0 Å². The first-order chi connectivity index (χ1) is 6.43. The predicted molar refractivity (Wildman–Crippen MR) is 51.5 cm³/mol. The molecule has 1 fully saturated rings. The lowest BCUT2D eigenvalue weighted by Gasteiger charge is -2.27. The summed E-state index contributed by atoms with van der Waals surface area (Å²) in [6, 6.07) is 0. The maximum absolute atomic E-state index is 5.35. The second-order valence-corrected chi connectivity index (χ2v) is 3.12. The molecular weight excluding hydrogens is 168 g/mol. The molecule has 13 heavy (non-hydrogen) atoms. The van der Waals surface area contributed by atoms with Gasteiger partial charge in [-0.25, -0.2) is 5.01 Å². The Morgan fingerprint density at radius 3 is 2.77 bits per heavy atom. The quantitative estimate of drug-likeness (QED) is 0.606. The Bertz CT molecular complexity index is 116. The largest absolute Gasteiger partial charge is 0.380 e. The molecule has 0 amide bonds. The van der Waals surface area contributed by atoms with Crippen molar-refractivity contribution in [1.29, 1.82) is 0 Å². The third kappa shape index (κ3) is 5.21. The van der Waals surface area contributed by atoms with E-state index in [0.29, 0.717) is 0 Å². The van der Waals surface area contributed by atoms with Crippen LogP contribution in [0, 0.1) is 0 Å². The summed E-state index contributed by atoms with van der Waals surface area (Å²) in [5, 5.41) is 2.19. The molecule has 0 unspecified atom stereocenters. The summed E-state index contributed by atoms with van der Waals surface area (Å²) < 4.78 is 10.6. The molecule has 0 spiro atoms. The minimum absolute atomic E-state index is 0.797. The van der Waals surface area contributed by atoms with Crippen LogP contribution in [0.5, 0.6) is 0 Å². The van der Waals surface area contributed by atoms with Gasteiger partial charge in [0.1, 0.15) is 0 Å². The van der Waals surface area contributed by atoms with E-state index in [2.05, 4.69) is 17.4 Å². The van der Waals surface area contributed by atoms with E-state index in [1.165, 1.54) is 0 Å². The van der Waals surface area contributed by atoms with Crippen LogP contribution in [-0.2, 0) is 9.47 Å². The maximum atomic E-state index is 5.35. The van der Waals surface area contributed by atoms with Crippen LogP contribution in [0.3, 0.4) is 0 Å². The molecule has 0 saturated carbocycles. The third-order valence-corrected chi connectivity index (χ3v) is 1.94. The number of rotatable bonds is 6.